The average Bonchev–Trinajstić information content (AvgIpc) is 2.22. The highest BCUT2D eigenvalue weighted by molar-refractivity contribution is 8.13. The Bertz CT molecular complexity index is 590. The molecule has 0 radical (unpaired) electrons. The molecule has 0 saturated carbocycles. The molecule has 0 saturated heterocycles. The smallest absolute Gasteiger partial charge is 0.333 e. The molecule has 0 aromatic heterocycles. The van der Waals surface area contributed by atoms with Crippen LogP contribution in [0.15, 0.2) is 21.9 Å². The maximum atomic E-state index is 13.1. The molecule has 1 amide bonds. The number of hydrogen-bond donors (Lipinski definition) is 0. The van der Waals surface area contributed by atoms with Crippen LogP contribution in [-0.2, 0) is 10.2 Å². The first kappa shape index (κ1) is 15.6. The van der Waals surface area contributed by atoms with Gasteiger partial charge in [-0.2, -0.15) is 8.42 Å². The van der Waals surface area contributed by atoms with Crippen molar-refractivity contribution in [3.63, 3.8) is 0 Å². The molecule has 9 heteroatoms. The number of carbonyl (C=O) groups excluding carboxylic acids is 1. The summed E-state index contributed by atoms with van der Waals surface area (Å²) < 4.78 is 35.0. The van der Waals surface area contributed by atoms with Crippen LogP contribution < -0.4 is 0 Å². The van der Waals surface area contributed by atoms with E-state index in [1.807, 2.05) is 0 Å². The molecule has 0 N–H and O–H groups in total. The third kappa shape index (κ3) is 3.50. The van der Waals surface area contributed by atoms with E-state index in [2.05, 4.69) is 0 Å². The highest BCUT2D eigenvalue weighted by Gasteiger charge is 2.24. The normalized spacial score (nSPS) is 11.4. The van der Waals surface area contributed by atoms with Gasteiger partial charge in [0.2, 0.25) is 0 Å². The summed E-state index contributed by atoms with van der Waals surface area (Å²) in [5.41, 5.74) is 0. The van der Waals surface area contributed by atoms with Crippen molar-refractivity contribution in [2.75, 3.05) is 14.1 Å². The summed E-state index contributed by atoms with van der Waals surface area (Å²) >= 11 is 12.0. The van der Waals surface area contributed by atoms with Crippen LogP contribution in [0, 0.1) is 0 Å². The lowest BCUT2D eigenvalue weighted by Gasteiger charge is -2.12. The second-order valence-corrected chi connectivity index (χ2v) is 6.45. The minimum atomic E-state index is -4.98. The molecule has 0 aliphatic carbocycles. The Balaban J connectivity index is 3.40. The second kappa shape index (κ2) is 5.64. The highest BCUT2D eigenvalue weighted by Crippen LogP contribution is 2.39. The van der Waals surface area contributed by atoms with E-state index in [1.165, 1.54) is 19.0 Å². The van der Waals surface area contributed by atoms with Crippen LogP contribution in [0.1, 0.15) is 0 Å². The molecule has 0 aliphatic heterocycles. The van der Waals surface area contributed by atoms with E-state index in [-0.39, 0.29) is 14.9 Å². The number of amides is 1. The van der Waals surface area contributed by atoms with Gasteiger partial charge >= 0.3 is 10.2 Å². The van der Waals surface area contributed by atoms with Crippen molar-refractivity contribution in [1.29, 1.82) is 0 Å². The zero-order valence-corrected chi connectivity index (χ0v) is 12.4. The van der Waals surface area contributed by atoms with Crippen LogP contribution >= 0.6 is 35.0 Å². The lowest BCUT2D eigenvalue weighted by atomic mass is 10.3. The molecule has 1 rings (SSSR count). The minimum Gasteiger partial charge on any atom is -0.339 e. The molecular weight excluding hydrogens is 324 g/mol. The Morgan fingerprint density at radius 2 is 1.89 bits per heavy atom. The molecule has 0 aliphatic rings. The molecule has 100 valence electrons. The SMILES string of the molecule is CN(C)C(=O)Sc1c(S(=O)(=O)F)ccc(Cl)c1Cl. The number of halogens is 3. The van der Waals surface area contributed by atoms with Gasteiger partial charge in [-0.15, -0.1) is 3.89 Å². The summed E-state index contributed by atoms with van der Waals surface area (Å²) in [5.74, 6) is 0. The minimum absolute atomic E-state index is 0.0399. The number of hydrogen-bond acceptors (Lipinski definition) is 4. The molecule has 0 unspecified atom stereocenters. The van der Waals surface area contributed by atoms with E-state index >= 15 is 0 Å². The second-order valence-electron chi connectivity index (χ2n) is 3.39. The van der Waals surface area contributed by atoms with Gasteiger partial charge in [0.1, 0.15) is 4.90 Å². The molecule has 0 spiro atoms. The van der Waals surface area contributed by atoms with Crippen LogP contribution in [-0.4, -0.2) is 32.7 Å². The van der Waals surface area contributed by atoms with Crippen molar-refractivity contribution < 1.29 is 17.1 Å². The first-order valence-electron chi connectivity index (χ1n) is 4.46. The van der Waals surface area contributed by atoms with Gasteiger partial charge in [-0.25, -0.2) is 0 Å². The summed E-state index contributed by atoms with van der Waals surface area (Å²) in [5, 5.41) is -0.627. The van der Waals surface area contributed by atoms with Gasteiger partial charge in [0, 0.05) is 14.1 Å². The third-order valence-electron chi connectivity index (χ3n) is 1.83. The van der Waals surface area contributed by atoms with Gasteiger partial charge < -0.3 is 4.90 Å². The standard InChI is InChI=1S/C9H8Cl2FNO3S2/c1-13(2)9(14)17-8-6(18(12,15)16)4-3-5(10)7(8)11/h3-4H,1-2H3. The molecule has 1 aromatic rings. The molecule has 18 heavy (non-hydrogen) atoms. The summed E-state index contributed by atoms with van der Waals surface area (Å²) in [6.45, 7) is 0. The topological polar surface area (TPSA) is 54.5 Å². The number of carbonyl (C=O) groups is 1. The molecule has 0 bridgehead atoms. The predicted octanol–water partition coefficient (Wildman–Crippen LogP) is 3.43. The average molecular weight is 332 g/mol. The zero-order valence-electron chi connectivity index (χ0n) is 9.28. The van der Waals surface area contributed by atoms with E-state index in [0.717, 1.165) is 12.1 Å². The maximum Gasteiger partial charge on any atom is 0.333 e. The maximum absolute atomic E-state index is 13.1. The third-order valence-corrected chi connectivity index (χ3v) is 4.91. The summed E-state index contributed by atoms with van der Waals surface area (Å²) in [4.78, 5) is 11.8. The van der Waals surface area contributed by atoms with E-state index in [4.69, 9.17) is 23.2 Å². The van der Waals surface area contributed by atoms with Gasteiger partial charge in [-0.1, -0.05) is 23.2 Å². The van der Waals surface area contributed by atoms with Crippen molar-refractivity contribution in [3.8, 4) is 0 Å². The molecule has 4 nitrogen and oxygen atoms in total. The molecule has 0 fully saturated rings. The van der Waals surface area contributed by atoms with Gasteiger partial charge in [0.25, 0.3) is 5.24 Å². The largest absolute Gasteiger partial charge is 0.339 e. The first-order chi connectivity index (χ1) is 8.14. The van der Waals surface area contributed by atoms with Crippen molar-refractivity contribution in [3.05, 3.63) is 22.2 Å². The highest BCUT2D eigenvalue weighted by atomic mass is 35.5. The van der Waals surface area contributed by atoms with E-state index in [1.54, 1.807) is 0 Å². The van der Waals surface area contributed by atoms with Gasteiger partial charge in [0.05, 0.1) is 14.9 Å². The molecule has 0 atom stereocenters. The van der Waals surface area contributed by atoms with Crippen LogP contribution in [0.3, 0.4) is 0 Å². The Morgan fingerprint density at radius 3 is 2.33 bits per heavy atom. The Labute approximate surface area is 118 Å². The van der Waals surface area contributed by atoms with E-state index in [0.29, 0.717) is 11.8 Å². The van der Waals surface area contributed by atoms with E-state index < -0.39 is 20.4 Å². The molecule has 1 aromatic carbocycles. The lowest BCUT2D eigenvalue weighted by molar-refractivity contribution is 0.241. The van der Waals surface area contributed by atoms with Gasteiger partial charge in [-0.05, 0) is 23.9 Å². The fraction of sp³-hybridized carbons (Fsp3) is 0.222. The Kier molecular flexibility index (Phi) is 4.88. The Hall–Kier alpha value is -0.500. The van der Waals surface area contributed by atoms with Crippen molar-refractivity contribution in [2.45, 2.75) is 9.79 Å². The summed E-state index contributed by atoms with van der Waals surface area (Å²) in [6.07, 6.45) is 0. The summed E-state index contributed by atoms with van der Waals surface area (Å²) in [7, 11) is -2.04. The lowest BCUT2D eigenvalue weighted by Crippen LogP contribution is -2.16. The van der Waals surface area contributed by atoms with Gasteiger partial charge in [0.15, 0.2) is 0 Å². The number of benzene rings is 1. The van der Waals surface area contributed by atoms with Crippen LogP contribution in [0.25, 0.3) is 0 Å². The van der Waals surface area contributed by atoms with Crippen molar-refractivity contribution in [2.24, 2.45) is 0 Å². The van der Waals surface area contributed by atoms with Crippen molar-refractivity contribution in [1.82, 2.24) is 4.90 Å². The van der Waals surface area contributed by atoms with Crippen molar-refractivity contribution >= 4 is 50.4 Å². The number of rotatable bonds is 2. The van der Waals surface area contributed by atoms with Crippen LogP contribution in [0.5, 0.6) is 0 Å². The quantitative estimate of drug-likeness (QED) is 0.615. The first-order valence-corrected chi connectivity index (χ1v) is 7.42. The number of nitrogens with zero attached hydrogens (tertiary/aromatic N) is 1. The number of thioether (sulfide) groups is 1. The fourth-order valence-corrected chi connectivity index (χ4v) is 3.23. The molecular formula is C9H8Cl2FNO3S2. The zero-order chi connectivity index (χ0) is 14.1. The van der Waals surface area contributed by atoms with Gasteiger partial charge in [-0.3, -0.25) is 4.79 Å². The van der Waals surface area contributed by atoms with Crippen LogP contribution in [0.4, 0.5) is 8.68 Å². The fourth-order valence-electron chi connectivity index (χ4n) is 0.980. The summed E-state index contributed by atoms with van der Waals surface area (Å²) in [6, 6.07) is 2.12. The van der Waals surface area contributed by atoms with Crippen LogP contribution in [0.2, 0.25) is 10.0 Å². The molecule has 0 heterocycles. The predicted molar refractivity (Wildman–Crippen MR) is 69.7 cm³/mol. The monoisotopic (exact) mass is 331 g/mol. The van der Waals surface area contributed by atoms with E-state index in [9.17, 15) is 17.1 Å². The Morgan fingerprint density at radius 1 is 1.33 bits per heavy atom.